The molecule has 1 saturated heterocycles. The Bertz CT molecular complexity index is 1120. The summed E-state index contributed by atoms with van der Waals surface area (Å²) in [6.07, 6.45) is -0.702. The quantitative estimate of drug-likeness (QED) is 0.696. The molecule has 1 fully saturated rings. The summed E-state index contributed by atoms with van der Waals surface area (Å²) in [4.78, 5) is 26.0. The second-order valence-electron chi connectivity index (χ2n) is 7.16. The molecule has 9 nitrogen and oxygen atoms in total. The predicted molar refractivity (Wildman–Crippen MR) is 111 cm³/mol. The molecule has 0 radical (unpaired) electrons. The number of piperazine rings is 1. The van der Waals surface area contributed by atoms with Gasteiger partial charge in [0.2, 0.25) is 10.0 Å². The van der Waals surface area contributed by atoms with Crippen molar-refractivity contribution in [1.82, 2.24) is 9.21 Å². The number of fused-ring (bicyclic) bond motifs is 1. The Morgan fingerprint density at radius 2 is 1.90 bits per heavy atom. The van der Waals surface area contributed by atoms with Gasteiger partial charge in [0.1, 0.15) is 5.75 Å². The van der Waals surface area contributed by atoms with Gasteiger partial charge in [-0.25, -0.2) is 8.42 Å². The third kappa shape index (κ3) is 3.72. The van der Waals surface area contributed by atoms with Crippen molar-refractivity contribution in [3.63, 3.8) is 0 Å². The van der Waals surface area contributed by atoms with E-state index >= 15 is 0 Å². The zero-order valence-electron chi connectivity index (χ0n) is 16.3. The fourth-order valence-corrected chi connectivity index (χ4v) is 5.43. The Balaban J connectivity index is 1.52. The molecular formula is C19H20BrN3O6S. The number of rotatable bonds is 3. The van der Waals surface area contributed by atoms with E-state index in [1.807, 2.05) is 0 Å². The molecule has 1 atom stereocenters. The Kier molecular flexibility index (Phi) is 5.37. The average molecular weight is 498 g/mol. The number of carbonyl (C=O) groups excluding carboxylic acids is 2. The summed E-state index contributed by atoms with van der Waals surface area (Å²) >= 11 is 3.17. The van der Waals surface area contributed by atoms with Gasteiger partial charge in [-0.15, -0.1) is 0 Å². The van der Waals surface area contributed by atoms with Crippen LogP contribution in [0.4, 0.5) is 5.69 Å². The van der Waals surface area contributed by atoms with Gasteiger partial charge in [0, 0.05) is 32.2 Å². The number of hydrogen-bond donors (Lipinski definition) is 1. The third-order valence-electron chi connectivity index (χ3n) is 5.14. The average Bonchev–Trinajstić information content (AvgIpc) is 3.14. The van der Waals surface area contributed by atoms with Crippen LogP contribution in [-0.4, -0.2) is 61.7 Å². The molecule has 0 bridgehead atoms. The maximum Gasteiger partial charge on any atom is 0.289 e. The number of anilines is 1. The topological polar surface area (TPSA) is 109 Å². The van der Waals surface area contributed by atoms with Crippen molar-refractivity contribution < 1.29 is 27.2 Å². The smallest absolute Gasteiger partial charge is 0.289 e. The Morgan fingerprint density at radius 1 is 1.20 bits per heavy atom. The Hall–Kier alpha value is -2.37. The van der Waals surface area contributed by atoms with Crippen LogP contribution in [0.5, 0.6) is 5.75 Å². The predicted octanol–water partition coefficient (Wildman–Crippen LogP) is 2.22. The summed E-state index contributed by atoms with van der Waals surface area (Å²) in [5, 5.41) is 2.72. The fourth-order valence-electron chi connectivity index (χ4n) is 3.48. The normalized spacial score (nSPS) is 19.8. The van der Waals surface area contributed by atoms with Crippen molar-refractivity contribution in [2.75, 3.05) is 31.5 Å². The van der Waals surface area contributed by atoms with E-state index in [-0.39, 0.29) is 48.6 Å². The van der Waals surface area contributed by atoms with E-state index in [9.17, 15) is 18.0 Å². The molecule has 2 aromatic rings. The van der Waals surface area contributed by atoms with Gasteiger partial charge in [0.05, 0.1) is 10.6 Å². The first-order valence-corrected chi connectivity index (χ1v) is 11.6. The molecule has 0 unspecified atom stereocenters. The number of carbonyl (C=O) groups is 2. The zero-order chi connectivity index (χ0) is 21.6. The minimum absolute atomic E-state index is 0.124. The summed E-state index contributed by atoms with van der Waals surface area (Å²) in [7, 11) is -3.80. The first-order chi connectivity index (χ1) is 14.2. The Morgan fingerprint density at radius 3 is 2.53 bits per heavy atom. The molecule has 3 heterocycles. The molecule has 2 aliphatic rings. The van der Waals surface area contributed by atoms with E-state index in [4.69, 9.17) is 9.15 Å². The van der Waals surface area contributed by atoms with Gasteiger partial charge < -0.3 is 19.4 Å². The number of aryl methyl sites for hydroxylation is 1. The Labute approximate surface area is 182 Å². The third-order valence-corrected chi connectivity index (χ3v) is 7.60. The number of halogens is 1. The highest BCUT2D eigenvalue weighted by Crippen LogP contribution is 2.35. The molecule has 0 aliphatic carbocycles. The van der Waals surface area contributed by atoms with Crippen LogP contribution in [-0.2, 0) is 14.8 Å². The van der Waals surface area contributed by atoms with Gasteiger partial charge in [-0.2, -0.15) is 4.31 Å². The van der Waals surface area contributed by atoms with Crippen molar-refractivity contribution in [3.05, 3.63) is 40.3 Å². The summed E-state index contributed by atoms with van der Waals surface area (Å²) < 4.78 is 39.2. The maximum atomic E-state index is 13.2. The lowest BCUT2D eigenvalue weighted by Gasteiger charge is -2.34. The van der Waals surface area contributed by atoms with E-state index in [1.54, 1.807) is 36.9 Å². The largest absolute Gasteiger partial charge is 0.479 e. The molecule has 0 spiro atoms. The highest BCUT2D eigenvalue weighted by atomic mass is 79.9. The maximum absolute atomic E-state index is 13.2. The summed E-state index contributed by atoms with van der Waals surface area (Å²) in [6, 6.07) is 6.26. The highest BCUT2D eigenvalue weighted by Gasteiger charge is 2.34. The van der Waals surface area contributed by atoms with E-state index in [0.29, 0.717) is 21.7 Å². The van der Waals surface area contributed by atoms with Crippen molar-refractivity contribution in [1.29, 1.82) is 0 Å². The van der Waals surface area contributed by atoms with Crippen LogP contribution in [0.2, 0.25) is 0 Å². The standard InChI is InChI=1S/C19H20BrN3O6S/c1-11-9-13-15(28-12(2)18(24)21-13)10-16(11)30(26,27)23-7-5-22(6-8-23)19(25)14-3-4-17(20)29-14/h3-4,9-10,12H,5-8H2,1-2H3,(H,21,24)/t12-/m0/s1. The summed E-state index contributed by atoms with van der Waals surface area (Å²) in [6.45, 7) is 4.11. The van der Waals surface area contributed by atoms with Crippen LogP contribution in [0.1, 0.15) is 23.0 Å². The summed E-state index contributed by atoms with van der Waals surface area (Å²) in [5.74, 6) is -0.0248. The molecule has 160 valence electrons. The van der Waals surface area contributed by atoms with Crippen LogP contribution in [0.25, 0.3) is 0 Å². The summed E-state index contributed by atoms with van der Waals surface area (Å²) in [5.41, 5.74) is 0.959. The zero-order valence-corrected chi connectivity index (χ0v) is 18.7. The van der Waals surface area contributed by atoms with Gasteiger partial charge in [-0.1, -0.05) is 0 Å². The number of benzene rings is 1. The number of nitrogens with zero attached hydrogens (tertiary/aromatic N) is 2. The SMILES string of the molecule is Cc1cc2c(cc1S(=O)(=O)N1CCN(C(=O)c3ccc(Br)o3)CC1)O[C@@H](C)C(=O)N2. The van der Waals surface area contributed by atoms with Crippen LogP contribution in [0.15, 0.2) is 38.2 Å². The number of sulfonamides is 1. The molecule has 11 heteroatoms. The molecule has 2 aliphatic heterocycles. The molecule has 1 N–H and O–H groups in total. The van der Waals surface area contributed by atoms with E-state index in [2.05, 4.69) is 21.2 Å². The van der Waals surface area contributed by atoms with Gasteiger partial charge in [-0.05, 0) is 53.5 Å². The molecule has 4 rings (SSSR count). The second kappa shape index (κ2) is 7.71. The number of nitrogens with one attached hydrogen (secondary N) is 1. The first-order valence-electron chi connectivity index (χ1n) is 9.34. The number of ether oxygens (including phenoxy) is 1. The van der Waals surface area contributed by atoms with Crippen LogP contribution >= 0.6 is 15.9 Å². The monoisotopic (exact) mass is 497 g/mol. The van der Waals surface area contributed by atoms with Gasteiger partial charge >= 0.3 is 0 Å². The fraction of sp³-hybridized carbons (Fsp3) is 0.368. The van der Waals surface area contributed by atoms with E-state index < -0.39 is 16.1 Å². The van der Waals surface area contributed by atoms with Crippen molar-refractivity contribution in [3.8, 4) is 5.75 Å². The highest BCUT2D eigenvalue weighted by molar-refractivity contribution is 9.10. The molecule has 1 aromatic carbocycles. The van der Waals surface area contributed by atoms with Gasteiger partial charge in [0.15, 0.2) is 16.5 Å². The lowest BCUT2D eigenvalue weighted by molar-refractivity contribution is -0.122. The van der Waals surface area contributed by atoms with Crippen LogP contribution < -0.4 is 10.1 Å². The number of furan rings is 1. The second-order valence-corrected chi connectivity index (χ2v) is 9.85. The van der Waals surface area contributed by atoms with Crippen molar-refractivity contribution in [2.45, 2.75) is 24.8 Å². The molecule has 0 saturated carbocycles. The van der Waals surface area contributed by atoms with E-state index in [1.165, 1.54) is 10.4 Å². The molecule has 1 aromatic heterocycles. The number of amides is 2. The minimum atomic E-state index is -3.80. The van der Waals surface area contributed by atoms with Crippen LogP contribution in [0.3, 0.4) is 0 Å². The van der Waals surface area contributed by atoms with E-state index in [0.717, 1.165) is 0 Å². The van der Waals surface area contributed by atoms with Gasteiger partial charge in [-0.3, -0.25) is 9.59 Å². The van der Waals surface area contributed by atoms with Crippen molar-refractivity contribution in [2.24, 2.45) is 0 Å². The molecule has 30 heavy (non-hydrogen) atoms. The molecular weight excluding hydrogens is 478 g/mol. The first kappa shape index (κ1) is 20.9. The lowest BCUT2D eigenvalue weighted by atomic mass is 10.1. The lowest BCUT2D eigenvalue weighted by Crippen LogP contribution is -2.50. The van der Waals surface area contributed by atoms with Gasteiger partial charge in [0.25, 0.3) is 11.8 Å². The minimum Gasteiger partial charge on any atom is -0.479 e. The van der Waals surface area contributed by atoms with Crippen LogP contribution in [0, 0.1) is 6.92 Å². The van der Waals surface area contributed by atoms with Crippen molar-refractivity contribution >= 4 is 43.5 Å². The molecule has 2 amide bonds. The number of hydrogen-bond acceptors (Lipinski definition) is 6.